The number of carbonyl (C=O) groups is 1. The van der Waals surface area contributed by atoms with Gasteiger partial charge in [0.1, 0.15) is 11.5 Å². The van der Waals surface area contributed by atoms with Crippen LogP contribution in [0, 0.1) is 5.92 Å². The van der Waals surface area contributed by atoms with Gasteiger partial charge in [0.15, 0.2) is 0 Å². The van der Waals surface area contributed by atoms with Gasteiger partial charge in [0.05, 0.1) is 12.2 Å². The summed E-state index contributed by atoms with van der Waals surface area (Å²) in [6, 6.07) is 13.7. The van der Waals surface area contributed by atoms with E-state index < -0.39 is 5.97 Å². The van der Waals surface area contributed by atoms with Gasteiger partial charge in [-0.1, -0.05) is 37.6 Å². The summed E-state index contributed by atoms with van der Waals surface area (Å²) in [7, 11) is 0. The second-order valence-electron chi connectivity index (χ2n) is 5.08. The number of ether oxygens (including phenoxy) is 2. The first-order valence-corrected chi connectivity index (χ1v) is 7.13. The molecule has 0 aliphatic carbocycles. The van der Waals surface area contributed by atoms with E-state index in [9.17, 15) is 4.79 Å². The molecule has 0 saturated heterocycles. The molecular formula is C17H17ClO3. The first kappa shape index (κ1) is 15.4. The Morgan fingerprint density at radius 1 is 1.10 bits per heavy atom. The minimum atomic E-state index is -0.446. The van der Waals surface area contributed by atoms with Crippen LogP contribution in [0.3, 0.4) is 0 Å². The van der Waals surface area contributed by atoms with Crippen LogP contribution in [0.5, 0.6) is 11.5 Å². The Morgan fingerprint density at radius 2 is 1.81 bits per heavy atom. The SMILES string of the molecule is CC(C)COc1cccc(OC(=O)c2cccc(Cl)c2)c1. The molecule has 4 heteroatoms. The topological polar surface area (TPSA) is 35.5 Å². The van der Waals surface area contributed by atoms with Crippen LogP contribution in [0.1, 0.15) is 24.2 Å². The van der Waals surface area contributed by atoms with E-state index in [2.05, 4.69) is 13.8 Å². The predicted octanol–water partition coefficient (Wildman–Crippen LogP) is 4.59. The van der Waals surface area contributed by atoms with Crippen LogP contribution >= 0.6 is 11.6 Å². The fourth-order valence-electron chi connectivity index (χ4n) is 1.67. The lowest BCUT2D eigenvalue weighted by molar-refractivity contribution is 0.0734. The highest BCUT2D eigenvalue weighted by Gasteiger charge is 2.09. The van der Waals surface area contributed by atoms with E-state index in [4.69, 9.17) is 21.1 Å². The molecule has 0 spiro atoms. The van der Waals surface area contributed by atoms with Gasteiger partial charge in [0.2, 0.25) is 0 Å². The average molecular weight is 305 g/mol. The van der Waals surface area contributed by atoms with Crippen molar-refractivity contribution in [1.29, 1.82) is 0 Å². The number of hydrogen-bond acceptors (Lipinski definition) is 3. The van der Waals surface area contributed by atoms with E-state index in [0.29, 0.717) is 34.6 Å². The highest BCUT2D eigenvalue weighted by Crippen LogP contribution is 2.21. The number of benzene rings is 2. The lowest BCUT2D eigenvalue weighted by Crippen LogP contribution is -2.09. The number of rotatable bonds is 5. The highest BCUT2D eigenvalue weighted by molar-refractivity contribution is 6.30. The maximum absolute atomic E-state index is 12.0. The summed E-state index contributed by atoms with van der Waals surface area (Å²) >= 11 is 5.86. The molecule has 21 heavy (non-hydrogen) atoms. The molecule has 0 radical (unpaired) electrons. The van der Waals surface area contributed by atoms with Crippen molar-refractivity contribution in [3.05, 3.63) is 59.1 Å². The summed E-state index contributed by atoms with van der Waals surface area (Å²) in [4.78, 5) is 12.0. The van der Waals surface area contributed by atoms with Gasteiger partial charge in [-0.15, -0.1) is 0 Å². The maximum Gasteiger partial charge on any atom is 0.343 e. The van der Waals surface area contributed by atoms with Crippen LogP contribution in [0.4, 0.5) is 0 Å². The average Bonchev–Trinajstić information content (AvgIpc) is 2.45. The van der Waals surface area contributed by atoms with Crippen molar-refractivity contribution >= 4 is 17.6 Å². The molecule has 0 aliphatic heterocycles. The fraction of sp³-hybridized carbons (Fsp3) is 0.235. The minimum Gasteiger partial charge on any atom is -0.493 e. The standard InChI is InChI=1S/C17H17ClO3/c1-12(2)11-20-15-7-4-8-16(10-15)21-17(19)13-5-3-6-14(18)9-13/h3-10,12H,11H2,1-2H3. The zero-order valence-electron chi connectivity index (χ0n) is 12.0. The van der Waals surface area contributed by atoms with Crippen molar-refractivity contribution in [2.45, 2.75) is 13.8 Å². The monoisotopic (exact) mass is 304 g/mol. The zero-order chi connectivity index (χ0) is 15.2. The van der Waals surface area contributed by atoms with Crippen LogP contribution in [-0.2, 0) is 0 Å². The van der Waals surface area contributed by atoms with Gasteiger partial charge >= 0.3 is 5.97 Å². The Labute approximate surface area is 129 Å². The summed E-state index contributed by atoms with van der Waals surface area (Å²) in [6.07, 6.45) is 0. The first-order valence-electron chi connectivity index (χ1n) is 6.75. The van der Waals surface area contributed by atoms with Crippen LogP contribution in [-0.4, -0.2) is 12.6 Å². The molecule has 0 heterocycles. The second kappa shape index (κ2) is 7.14. The molecule has 0 bridgehead atoms. The summed E-state index contributed by atoms with van der Waals surface area (Å²) in [5.74, 6) is 1.11. The van der Waals surface area contributed by atoms with Crippen molar-refractivity contribution in [3.63, 3.8) is 0 Å². The number of esters is 1. The number of hydrogen-bond donors (Lipinski definition) is 0. The molecule has 0 fully saturated rings. The normalized spacial score (nSPS) is 10.5. The Kier molecular flexibility index (Phi) is 5.23. The molecule has 0 atom stereocenters. The molecule has 110 valence electrons. The quantitative estimate of drug-likeness (QED) is 0.598. The molecular weight excluding hydrogens is 288 g/mol. The van der Waals surface area contributed by atoms with E-state index in [1.54, 1.807) is 42.5 Å². The van der Waals surface area contributed by atoms with Gasteiger partial charge in [-0.2, -0.15) is 0 Å². The highest BCUT2D eigenvalue weighted by atomic mass is 35.5. The third kappa shape index (κ3) is 4.80. The third-order valence-corrected chi connectivity index (χ3v) is 2.89. The summed E-state index contributed by atoms with van der Waals surface area (Å²) in [6.45, 7) is 4.76. The van der Waals surface area contributed by atoms with Crippen molar-refractivity contribution in [3.8, 4) is 11.5 Å². The molecule has 0 amide bonds. The predicted molar refractivity (Wildman–Crippen MR) is 83.2 cm³/mol. The largest absolute Gasteiger partial charge is 0.493 e. The first-order chi connectivity index (χ1) is 10.0. The van der Waals surface area contributed by atoms with E-state index in [-0.39, 0.29) is 0 Å². The molecule has 3 nitrogen and oxygen atoms in total. The van der Waals surface area contributed by atoms with Crippen LogP contribution in [0.2, 0.25) is 5.02 Å². The Morgan fingerprint density at radius 3 is 2.52 bits per heavy atom. The number of halogens is 1. The zero-order valence-corrected chi connectivity index (χ0v) is 12.8. The van der Waals surface area contributed by atoms with Crippen LogP contribution in [0.25, 0.3) is 0 Å². The van der Waals surface area contributed by atoms with Gasteiger partial charge in [0.25, 0.3) is 0 Å². The van der Waals surface area contributed by atoms with Crippen LogP contribution < -0.4 is 9.47 Å². The minimum absolute atomic E-state index is 0.413. The van der Waals surface area contributed by atoms with Crippen molar-refractivity contribution in [2.24, 2.45) is 5.92 Å². The molecule has 0 N–H and O–H groups in total. The van der Waals surface area contributed by atoms with Gasteiger partial charge in [-0.25, -0.2) is 4.79 Å². The lowest BCUT2D eigenvalue weighted by atomic mass is 10.2. The van der Waals surface area contributed by atoms with E-state index in [1.165, 1.54) is 0 Å². The summed E-state index contributed by atoms with van der Waals surface area (Å²) in [5, 5.41) is 0.499. The third-order valence-electron chi connectivity index (χ3n) is 2.66. The summed E-state index contributed by atoms with van der Waals surface area (Å²) < 4.78 is 10.9. The van der Waals surface area contributed by atoms with E-state index in [1.807, 2.05) is 6.07 Å². The van der Waals surface area contributed by atoms with E-state index in [0.717, 1.165) is 0 Å². The van der Waals surface area contributed by atoms with Gasteiger partial charge in [-0.05, 0) is 36.2 Å². The molecule has 0 aromatic heterocycles. The Hall–Kier alpha value is -2.00. The van der Waals surface area contributed by atoms with Gasteiger partial charge in [-0.3, -0.25) is 0 Å². The van der Waals surface area contributed by atoms with Crippen molar-refractivity contribution < 1.29 is 14.3 Å². The van der Waals surface area contributed by atoms with Crippen molar-refractivity contribution in [1.82, 2.24) is 0 Å². The van der Waals surface area contributed by atoms with Crippen molar-refractivity contribution in [2.75, 3.05) is 6.61 Å². The molecule has 2 aromatic rings. The smallest absolute Gasteiger partial charge is 0.343 e. The molecule has 2 aromatic carbocycles. The Bertz CT molecular complexity index is 623. The molecule has 2 rings (SSSR count). The molecule has 0 saturated carbocycles. The molecule has 0 unspecified atom stereocenters. The van der Waals surface area contributed by atoms with E-state index >= 15 is 0 Å². The maximum atomic E-state index is 12.0. The number of carbonyl (C=O) groups excluding carboxylic acids is 1. The van der Waals surface area contributed by atoms with Gasteiger partial charge in [0, 0.05) is 11.1 Å². The fourth-order valence-corrected chi connectivity index (χ4v) is 1.86. The lowest BCUT2D eigenvalue weighted by Gasteiger charge is -2.10. The van der Waals surface area contributed by atoms with Crippen LogP contribution in [0.15, 0.2) is 48.5 Å². The summed E-state index contributed by atoms with van der Waals surface area (Å²) in [5.41, 5.74) is 0.413. The second-order valence-corrected chi connectivity index (χ2v) is 5.52. The Balaban J connectivity index is 2.05. The molecule has 0 aliphatic rings. The van der Waals surface area contributed by atoms with Gasteiger partial charge < -0.3 is 9.47 Å².